The van der Waals surface area contributed by atoms with Gasteiger partial charge in [-0.15, -0.1) is 0 Å². The largest absolute Gasteiger partial charge is 0.472 e. The Morgan fingerprint density at radius 2 is 0.633 bits per heavy atom. The summed E-state index contributed by atoms with van der Waals surface area (Å²) in [5, 5.41) is 14.1. The number of phosphoric acid groups is 1. The molecule has 0 aliphatic heterocycles. The first-order chi connectivity index (χ1) is 44.0. The van der Waals surface area contributed by atoms with Crippen molar-refractivity contribution in [2.45, 2.75) is 424 Å². The predicted octanol–water partition coefficient (Wildman–Crippen LogP) is 26.1. The van der Waals surface area contributed by atoms with Gasteiger partial charge in [-0.2, -0.15) is 0 Å². The third kappa shape index (κ3) is 73.9. The van der Waals surface area contributed by atoms with Gasteiger partial charge in [-0.3, -0.25) is 13.8 Å². The first-order valence-electron chi connectivity index (χ1n) is 40.0. The number of likely N-dealkylation sites (N-methyl/N-ethyl adjacent to an activating group) is 1. The Labute approximate surface area is 562 Å². The fraction of sp³-hybridized carbons (Fsp3) is 0.889. The maximum atomic E-state index is 13.1. The van der Waals surface area contributed by atoms with Crippen LogP contribution in [0.3, 0.4) is 0 Å². The highest BCUT2D eigenvalue weighted by Gasteiger charge is 2.28. The molecular weight excluding hydrogens is 1130 g/mol. The summed E-state index contributed by atoms with van der Waals surface area (Å²) in [5.74, 6) is -0.168. The van der Waals surface area contributed by atoms with E-state index in [1.807, 2.05) is 27.2 Å². The number of unbranched alkanes of at least 4 members (excludes halogenated alkanes) is 56. The van der Waals surface area contributed by atoms with E-state index in [4.69, 9.17) is 9.05 Å². The van der Waals surface area contributed by atoms with E-state index in [1.54, 1.807) is 6.08 Å². The molecule has 0 aliphatic carbocycles. The van der Waals surface area contributed by atoms with Crippen LogP contribution in [0, 0.1) is 0 Å². The minimum atomic E-state index is -4.36. The summed E-state index contributed by atoms with van der Waals surface area (Å²) in [6.07, 6.45) is 98.8. The Morgan fingerprint density at radius 3 is 0.922 bits per heavy atom. The van der Waals surface area contributed by atoms with Crippen molar-refractivity contribution in [3.05, 3.63) is 48.6 Å². The van der Waals surface area contributed by atoms with Crippen molar-refractivity contribution in [3.63, 3.8) is 0 Å². The maximum absolute atomic E-state index is 13.1. The van der Waals surface area contributed by atoms with Crippen molar-refractivity contribution in [3.8, 4) is 0 Å². The summed E-state index contributed by atoms with van der Waals surface area (Å²) in [4.78, 5) is 23.5. The average Bonchev–Trinajstić information content (AvgIpc) is 3.09. The molecule has 0 aromatic heterocycles. The second kappa shape index (κ2) is 71.7. The molecular formula is C81H158N2O6P+. The van der Waals surface area contributed by atoms with Crippen LogP contribution in [0.4, 0.5) is 0 Å². The highest BCUT2D eigenvalue weighted by Crippen LogP contribution is 2.43. The predicted molar refractivity (Wildman–Crippen MR) is 397 cm³/mol. The number of aliphatic hydroxyl groups excluding tert-OH is 1. The fourth-order valence-electron chi connectivity index (χ4n) is 12.4. The van der Waals surface area contributed by atoms with Crippen molar-refractivity contribution in [1.82, 2.24) is 5.32 Å². The summed E-state index contributed by atoms with van der Waals surface area (Å²) >= 11 is 0. The molecule has 0 saturated carbocycles. The Bertz CT molecular complexity index is 1610. The van der Waals surface area contributed by atoms with Gasteiger partial charge >= 0.3 is 7.82 Å². The number of rotatable bonds is 75. The minimum absolute atomic E-state index is 0.0638. The molecule has 0 aromatic rings. The number of nitrogens with zero attached hydrogens (tertiary/aromatic N) is 1. The lowest BCUT2D eigenvalue weighted by Gasteiger charge is -2.25. The molecule has 8 nitrogen and oxygen atoms in total. The monoisotopic (exact) mass is 1290 g/mol. The van der Waals surface area contributed by atoms with E-state index < -0.39 is 20.0 Å². The lowest BCUT2D eigenvalue weighted by atomic mass is 10.0. The van der Waals surface area contributed by atoms with Crippen molar-refractivity contribution < 1.29 is 32.9 Å². The molecule has 3 N–H and O–H groups in total. The summed E-state index contributed by atoms with van der Waals surface area (Å²) in [5.41, 5.74) is 0. The van der Waals surface area contributed by atoms with Crippen LogP contribution < -0.4 is 5.32 Å². The van der Waals surface area contributed by atoms with Gasteiger partial charge in [0.25, 0.3) is 0 Å². The number of quaternary nitrogens is 1. The second-order valence-electron chi connectivity index (χ2n) is 28.8. The molecule has 0 saturated heterocycles. The summed E-state index contributed by atoms with van der Waals surface area (Å²) in [7, 11) is 1.59. The van der Waals surface area contributed by atoms with Crippen molar-refractivity contribution in [2.75, 3.05) is 40.9 Å². The Balaban J connectivity index is 3.91. The molecule has 0 heterocycles. The molecule has 0 radical (unpaired) electrons. The molecule has 532 valence electrons. The molecule has 1 amide bonds. The van der Waals surface area contributed by atoms with E-state index in [-0.39, 0.29) is 19.1 Å². The van der Waals surface area contributed by atoms with E-state index in [1.165, 1.54) is 347 Å². The van der Waals surface area contributed by atoms with E-state index in [9.17, 15) is 19.4 Å². The molecule has 0 bridgehead atoms. The lowest BCUT2D eigenvalue weighted by Crippen LogP contribution is -2.45. The molecule has 0 rings (SSSR count). The summed E-state index contributed by atoms with van der Waals surface area (Å²) < 4.78 is 23.9. The van der Waals surface area contributed by atoms with Crippen LogP contribution >= 0.6 is 7.82 Å². The van der Waals surface area contributed by atoms with Crippen LogP contribution in [0.1, 0.15) is 412 Å². The van der Waals surface area contributed by atoms with Crippen LogP contribution in [0.25, 0.3) is 0 Å². The van der Waals surface area contributed by atoms with Crippen LogP contribution in [0.15, 0.2) is 48.6 Å². The van der Waals surface area contributed by atoms with Gasteiger partial charge < -0.3 is 19.8 Å². The molecule has 90 heavy (non-hydrogen) atoms. The van der Waals surface area contributed by atoms with Gasteiger partial charge in [-0.1, -0.05) is 396 Å². The van der Waals surface area contributed by atoms with Crippen LogP contribution in [0.2, 0.25) is 0 Å². The number of nitrogens with one attached hydrogen (secondary N) is 1. The number of hydrogen-bond acceptors (Lipinski definition) is 5. The minimum Gasteiger partial charge on any atom is -0.387 e. The number of aliphatic hydroxyl groups is 1. The van der Waals surface area contributed by atoms with Gasteiger partial charge in [0.15, 0.2) is 0 Å². The van der Waals surface area contributed by atoms with E-state index in [2.05, 4.69) is 55.6 Å². The topological polar surface area (TPSA) is 105 Å². The van der Waals surface area contributed by atoms with E-state index >= 15 is 0 Å². The first kappa shape index (κ1) is 88.5. The van der Waals surface area contributed by atoms with Gasteiger partial charge in [0, 0.05) is 6.42 Å². The molecule has 3 atom stereocenters. The Kier molecular flexibility index (Phi) is 70.5. The number of phosphoric ester groups is 1. The SMILES string of the molecule is CCCCCCC/C=C\C/C=C\C/C=C\CCCCCCCCCCCCCCCCCCCCCCCCCCCCC(=O)NC(COP(=O)(O)OCC[N+](C)(C)C)C(O)/C=C/CCCCCCCCCCCCCCCCCCCCCCCCCCC. The zero-order valence-corrected chi connectivity index (χ0v) is 62.1. The number of carbonyl (C=O) groups excluding carboxylic acids is 1. The Morgan fingerprint density at radius 1 is 0.378 bits per heavy atom. The third-order valence-corrected chi connectivity index (χ3v) is 19.5. The molecule has 3 unspecified atom stereocenters. The smallest absolute Gasteiger partial charge is 0.387 e. The number of allylic oxidation sites excluding steroid dienone is 7. The third-order valence-electron chi connectivity index (χ3n) is 18.5. The van der Waals surface area contributed by atoms with E-state index in [0.717, 1.165) is 44.9 Å². The summed E-state index contributed by atoms with van der Waals surface area (Å²) in [6.45, 7) is 4.87. The van der Waals surface area contributed by atoms with Gasteiger partial charge in [-0.25, -0.2) is 4.57 Å². The zero-order chi connectivity index (χ0) is 65.5. The van der Waals surface area contributed by atoms with Gasteiger partial charge in [0.1, 0.15) is 13.2 Å². The standard InChI is InChI=1S/C81H157N2O6P/c1-6-8-10-12-14-16-18-20-22-24-26-28-30-32-34-35-36-37-38-39-40-41-42-43-44-45-46-47-49-51-53-55-57-59-61-63-65-67-69-71-73-75-81(85)82-79(78-89-90(86,87)88-77-76-83(3,4)5)80(84)74-72-70-68-66-64-62-60-58-56-54-52-50-48-33-31-29-27-25-23-21-19-17-15-13-11-9-7-2/h18,20,24,26,30,32,72,74,79-80,84H,6-17,19,21-23,25,27-29,31,33-71,73,75-78H2,1-5H3,(H-,82,85,86,87)/p+1/b20-18-,26-24-,32-30-,74-72+. The van der Waals surface area contributed by atoms with Crippen LogP contribution in [-0.4, -0.2) is 73.4 Å². The first-order valence-corrected chi connectivity index (χ1v) is 41.5. The Hall–Kier alpha value is -1.54. The van der Waals surface area contributed by atoms with Crippen molar-refractivity contribution >= 4 is 13.7 Å². The quantitative estimate of drug-likeness (QED) is 0.0243. The highest BCUT2D eigenvalue weighted by molar-refractivity contribution is 7.47. The van der Waals surface area contributed by atoms with Gasteiger partial charge in [0.05, 0.1) is 39.9 Å². The second-order valence-corrected chi connectivity index (χ2v) is 30.3. The zero-order valence-electron chi connectivity index (χ0n) is 61.2. The number of amides is 1. The fourth-order valence-corrected chi connectivity index (χ4v) is 13.1. The highest BCUT2D eigenvalue weighted by atomic mass is 31.2. The van der Waals surface area contributed by atoms with E-state index in [0.29, 0.717) is 17.4 Å². The van der Waals surface area contributed by atoms with Gasteiger partial charge in [-0.05, 0) is 57.8 Å². The number of hydrogen-bond donors (Lipinski definition) is 3. The van der Waals surface area contributed by atoms with Gasteiger partial charge in [0.2, 0.25) is 5.91 Å². The normalized spacial score (nSPS) is 13.7. The van der Waals surface area contributed by atoms with Crippen LogP contribution in [0.5, 0.6) is 0 Å². The van der Waals surface area contributed by atoms with Crippen molar-refractivity contribution in [1.29, 1.82) is 0 Å². The average molecular weight is 1290 g/mol. The molecule has 0 aromatic carbocycles. The lowest BCUT2D eigenvalue weighted by molar-refractivity contribution is -0.870. The van der Waals surface area contributed by atoms with Crippen molar-refractivity contribution in [2.24, 2.45) is 0 Å². The molecule has 9 heteroatoms. The molecule has 0 fully saturated rings. The van der Waals surface area contributed by atoms with Crippen LogP contribution in [-0.2, 0) is 18.4 Å². The summed E-state index contributed by atoms with van der Waals surface area (Å²) in [6, 6.07) is -0.847. The molecule has 0 spiro atoms. The molecule has 0 aliphatic rings. The maximum Gasteiger partial charge on any atom is 0.472 e. The number of carbonyl (C=O) groups is 1.